The normalized spacial score (nSPS) is 22.7. The molecule has 0 aromatic rings. The summed E-state index contributed by atoms with van der Waals surface area (Å²) in [6.07, 6.45) is 3.59. The second-order valence-corrected chi connectivity index (χ2v) is 7.65. The van der Waals surface area contributed by atoms with E-state index in [0.717, 1.165) is 6.42 Å². The Morgan fingerprint density at radius 3 is 2.43 bits per heavy atom. The number of cyclic esters (lactones) is 1. The van der Waals surface area contributed by atoms with Crippen LogP contribution in [-0.2, 0) is 14.3 Å². The lowest BCUT2D eigenvalue weighted by molar-refractivity contribution is -0.158. The lowest BCUT2D eigenvalue weighted by Gasteiger charge is -2.28. The van der Waals surface area contributed by atoms with E-state index < -0.39 is 23.0 Å². The predicted molar refractivity (Wildman–Crippen MR) is 89.9 cm³/mol. The number of hydrogen-bond acceptors (Lipinski definition) is 4. The second-order valence-electron chi connectivity index (χ2n) is 7.65. The van der Waals surface area contributed by atoms with Crippen molar-refractivity contribution >= 4 is 11.9 Å². The monoisotopic (exact) mass is 323 g/mol. The van der Waals surface area contributed by atoms with E-state index >= 15 is 0 Å². The van der Waals surface area contributed by atoms with Crippen molar-refractivity contribution < 1.29 is 19.4 Å². The number of esters is 1. The Kier molecular flexibility index (Phi) is 5.67. The fourth-order valence-corrected chi connectivity index (χ4v) is 2.46. The van der Waals surface area contributed by atoms with Crippen LogP contribution >= 0.6 is 0 Å². The molecule has 0 aromatic carbocycles. The average Bonchev–Trinajstić information content (AvgIpc) is 2.58. The summed E-state index contributed by atoms with van der Waals surface area (Å²) < 4.78 is 5.24. The molecule has 5 heteroatoms. The Labute approximate surface area is 138 Å². The number of nitrogens with one attached hydrogen (secondary N) is 1. The summed E-state index contributed by atoms with van der Waals surface area (Å²) in [5.74, 6) is -1.57. The molecule has 2 N–H and O–H groups in total. The molecule has 0 aromatic heterocycles. The van der Waals surface area contributed by atoms with Crippen LogP contribution in [0.15, 0.2) is 23.0 Å². The summed E-state index contributed by atoms with van der Waals surface area (Å²) in [4.78, 5) is 24.6. The smallest absolute Gasteiger partial charge is 0.339 e. The molecule has 1 rings (SSSR count). The minimum absolute atomic E-state index is 0.178. The van der Waals surface area contributed by atoms with Gasteiger partial charge in [-0.25, -0.2) is 4.79 Å². The third-order valence-corrected chi connectivity index (χ3v) is 3.79. The molecule has 1 aliphatic rings. The number of aliphatic hydroxyl groups is 1. The Morgan fingerprint density at radius 1 is 1.39 bits per heavy atom. The Balaban J connectivity index is 2.99. The number of hydrogen-bond donors (Lipinski definition) is 2. The zero-order valence-corrected chi connectivity index (χ0v) is 15.2. The zero-order valence-electron chi connectivity index (χ0n) is 15.2. The van der Waals surface area contributed by atoms with Crippen LogP contribution in [0.4, 0.5) is 0 Å². The van der Waals surface area contributed by atoms with Gasteiger partial charge in [-0.3, -0.25) is 4.79 Å². The molecule has 0 spiro atoms. The van der Waals surface area contributed by atoms with Gasteiger partial charge in [0, 0.05) is 5.54 Å². The fraction of sp³-hybridized carbons (Fsp3) is 0.667. The molecule has 0 saturated carbocycles. The van der Waals surface area contributed by atoms with Gasteiger partial charge in [0.25, 0.3) is 5.91 Å². The molecule has 1 heterocycles. The maximum Gasteiger partial charge on any atom is 0.339 e. The van der Waals surface area contributed by atoms with Crippen LogP contribution in [0.3, 0.4) is 0 Å². The van der Waals surface area contributed by atoms with E-state index in [1.54, 1.807) is 0 Å². The average molecular weight is 323 g/mol. The van der Waals surface area contributed by atoms with Gasteiger partial charge in [0.05, 0.1) is 5.57 Å². The lowest BCUT2D eigenvalue weighted by Crippen LogP contribution is -2.52. The van der Waals surface area contributed by atoms with Crippen LogP contribution < -0.4 is 5.32 Å². The van der Waals surface area contributed by atoms with Crippen molar-refractivity contribution in [2.75, 3.05) is 0 Å². The van der Waals surface area contributed by atoms with Crippen molar-refractivity contribution in [1.82, 2.24) is 5.32 Å². The van der Waals surface area contributed by atoms with Crippen molar-refractivity contribution in [3.63, 3.8) is 0 Å². The van der Waals surface area contributed by atoms with E-state index in [-0.39, 0.29) is 17.3 Å². The summed E-state index contributed by atoms with van der Waals surface area (Å²) >= 11 is 0. The number of aliphatic hydroxyl groups excluding tert-OH is 1. The van der Waals surface area contributed by atoms with Crippen LogP contribution in [0, 0.1) is 5.92 Å². The minimum Gasteiger partial charge on any atom is -0.507 e. The topological polar surface area (TPSA) is 75.6 Å². The first kappa shape index (κ1) is 19.3. The van der Waals surface area contributed by atoms with Crippen molar-refractivity contribution in [1.29, 1.82) is 0 Å². The third-order valence-electron chi connectivity index (χ3n) is 3.79. The maximum absolute atomic E-state index is 12.4. The van der Waals surface area contributed by atoms with E-state index in [0.29, 0.717) is 6.42 Å². The first-order valence-electron chi connectivity index (χ1n) is 8.01. The van der Waals surface area contributed by atoms with Gasteiger partial charge in [0.2, 0.25) is 5.60 Å². The SMILES string of the molecule is CC(C)=CCCC(C)C1=C(O)C(C)(C(=O)NC(C)(C)C)OC1=O. The molecule has 23 heavy (non-hydrogen) atoms. The van der Waals surface area contributed by atoms with Gasteiger partial charge in [0.15, 0.2) is 5.76 Å². The molecule has 0 fully saturated rings. The molecule has 2 unspecified atom stereocenters. The highest BCUT2D eigenvalue weighted by Gasteiger charge is 2.52. The van der Waals surface area contributed by atoms with Crippen LogP contribution in [0.2, 0.25) is 0 Å². The maximum atomic E-state index is 12.4. The van der Waals surface area contributed by atoms with Gasteiger partial charge in [-0.1, -0.05) is 18.6 Å². The first-order chi connectivity index (χ1) is 10.4. The molecule has 130 valence electrons. The molecule has 0 saturated heterocycles. The minimum atomic E-state index is -1.65. The molecule has 0 aliphatic carbocycles. The molecular weight excluding hydrogens is 294 g/mol. The quantitative estimate of drug-likeness (QED) is 0.600. The van der Waals surface area contributed by atoms with Gasteiger partial charge in [-0.05, 0) is 60.3 Å². The van der Waals surface area contributed by atoms with Crippen molar-refractivity contribution in [2.45, 2.75) is 72.4 Å². The Bertz CT molecular complexity index is 550. The van der Waals surface area contributed by atoms with Gasteiger partial charge < -0.3 is 15.2 Å². The summed E-state index contributed by atoms with van der Waals surface area (Å²) in [7, 11) is 0. The highest BCUT2D eigenvalue weighted by Crippen LogP contribution is 2.36. The first-order valence-corrected chi connectivity index (χ1v) is 8.01. The standard InChI is InChI=1S/C18H29NO4/c1-11(2)9-8-10-12(3)13-14(20)18(7,23-15(13)21)16(22)19-17(4,5)6/h9,12,20H,8,10H2,1-7H3,(H,19,22). The summed E-state index contributed by atoms with van der Waals surface area (Å²) in [5, 5.41) is 13.2. The Hall–Kier alpha value is -1.78. The molecule has 2 atom stereocenters. The van der Waals surface area contributed by atoms with Crippen molar-refractivity contribution in [3.05, 3.63) is 23.0 Å². The molecule has 5 nitrogen and oxygen atoms in total. The van der Waals surface area contributed by atoms with Crippen molar-refractivity contribution in [3.8, 4) is 0 Å². The number of rotatable bonds is 5. The number of amides is 1. The van der Waals surface area contributed by atoms with E-state index in [2.05, 4.69) is 11.4 Å². The van der Waals surface area contributed by atoms with Gasteiger partial charge in [0.1, 0.15) is 0 Å². The van der Waals surface area contributed by atoms with Crippen molar-refractivity contribution in [2.24, 2.45) is 5.92 Å². The molecule has 1 amide bonds. The Morgan fingerprint density at radius 2 is 1.96 bits per heavy atom. The number of carbonyl (C=O) groups excluding carboxylic acids is 2. The molecular formula is C18H29NO4. The van der Waals surface area contributed by atoms with E-state index in [9.17, 15) is 14.7 Å². The predicted octanol–water partition coefficient (Wildman–Crippen LogP) is 3.41. The second kappa shape index (κ2) is 6.77. The number of allylic oxidation sites excluding steroid dienone is 2. The largest absolute Gasteiger partial charge is 0.507 e. The van der Waals surface area contributed by atoms with E-state index in [1.165, 1.54) is 12.5 Å². The summed E-state index contributed by atoms with van der Waals surface area (Å²) in [6, 6.07) is 0. The number of ether oxygens (including phenoxy) is 1. The molecule has 0 bridgehead atoms. The van der Waals surface area contributed by atoms with Crippen LogP contribution in [0.1, 0.15) is 61.3 Å². The van der Waals surface area contributed by atoms with Crippen LogP contribution in [0.25, 0.3) is 0 Å². The highest BCUT2D eigenvalue weighted by molar-refractivity contribution is 6.01. The van der Waals surface area contributed by atoms with E-state index in [4.69, 9.17) is 4.74 Å². The zero-order chi connectivity index (χ0) is 18.0. The van der Waals surface area contributed by atoms with Gasteiger partial charge in [-0.15, -0.1) is 0 Å². The summed E-state index contributed by atoms with van der Waals surface area (Å²) in [6.45, 7) is 12.8. The molecule has 0 radical (unpaired) electrons. The molecule has 1 aliphatic heterocycles. The van der Waals surface area contributed by atoms with Gasteiger partial charge >= 0.3 is 5.97 Å². The highest BCUT2D eigenvalue weighted by atomic mass is 16.6. The van der Waals surface area contributed by atoms with E-state index in [1.807, 2.05) is 41.5 Å². The lowest BCUT2D eigenvalue weighted by atomic mass is 9.91. The fourth-order valence-electron chi connectivity index (χ4n) is 2.46. The number of carbonyl (C=O) groups is 2. The third kappa shape index (κ3) is 4.60. The van der Waals surface area contributed by atoms with Crippen LogP contribution in [0.5, 0.6) is 0 Å². The van der Waals surface area contributed by atoms with Crippen LogP contribution in [-0.4, -0.2) is 28.1 Å². The summed E-state index contributed by atoms with van der Waals surface area (Å²) in [5.41, 5.74) is -0.716. The van der Waals surface area contributed by atoms with Gasteiger partial charge in [-0.2, -0.15) is 0 Å².